The zero-order chi connectivity index (χ0) is 23.7. The van der Waals surface area contributed by atoms with Crippen LogP contribution >= 0.6 is 11.3 Å². The van der Waals surface area contributed by atoms with Crippen LogP contribution in [0.15, 0.2) is 41.2 Å². The van der Waals surface area contributed by atoms with Gasteiger partial charge in [0, 0.05) is 17.3 Å². The molecule has 170 valence electrons. The number of aryl methyl sites for hydroxylation is 3. The molecule has 0 radical (unpaired) electrons. The van der Waals surface area contributed by atoms with Crippen molar-refractivity contribution in [2.75, 3.05) is 19.5 Å². The highest BCUT2D eigenvalue weighted by atomic mass is 32.1. The first-order chi connectivity index (χ1) is 15.8. The largest absolute Gasteiger partial charge is 0.493 e. The number of nitrogens with one attached hydrogen (secondary N) is 1. The van der Waals surface area contributed by atoms with Gasteiger partial charge in [0.05, 0.1) is 23.9 Å². The van der Waals surface area contributed by atoms with Crippen LogP contribution in [0.1, 0.15) is 16.1 Å². The van der Waals surface area contributed by atoms with E-state index >= 15 is 0 Å². The van der Waals surface area contributed by atoms with E-state index in [0.29, 0.717) is 28.4 Å². The van der Waals surface area contributed by atoms with Crippen molar-refractivity contribution in [3.05, 3.63) is 62.9 Å². The number of benzene rings is 2. The fourth-order valence-corrected chi connectivity index (χ4v) is 4.59. The molecule has 8 nitrogen and oxygen atoms in total. The van der Waals surface area contributed by atoms with Crippen molar-refractivity contribution in [1.29, 1.82) is 0 Å². The molecule has 1 amide bonds. The lowest BCUT2D eigenvalue weighted by atomic mass is 10.0. The molecular weight excluding hydrogens is 440 g/mol. The molecule has 4 aromatic rings. The van der Waals surface area contributed by atoms with Gasteiger partial charge >= 0.3 is 0 Å². The van der Waals surface area contributed by atoms with Crippen LogP contribution in [0.25, 0.3) is 21.5 Å². The molecule has 0 unspecified atom stereocenters. The minimum atomic E-state index is -0.398. The van der Waals surface area contributed by atoms with Crippen LogP contribution in [-0.2, 0) is 11.3 Å². The average Bonchev–Trinajstić information content (AvgIpc) is 3.18. The summed E-state index contributed by atoms with van der Waals surface area (Å²) in [4.78, 5) is 30.3. The van der Waals surface area contributed by atoms with Crippen molar-refractivity contribution in [2.24, 2.45) is 0 Å². The van der Waals surface area contributed by atoms with E-state index in [1.165, 1.54) is 30.2 Å². The number of fused-ring (bicyclic) bond motifs is 1. The number of methoxy groups -OCH3 is 2. The van der Waals surface area contributed by atoms with Gasteiger partial charge in [0.15, 0.2) is 17.0 Å². The molecule has 0 fully saturated rings. The van der Waals surface area contributed by atoms with E-state index in [0.717, 1.165) is 26.4 Å². The van der Waals surface area contributed by atoms with Gasteiger partial charge < -0.3 is 14.8 Å². The molecule has 9 heteroatoms. The smallest absolute Gasteiger partial charge is 0.294 e. The second kappa shape index (κ2) is 9.03. The van der Waals surface area contributed by atoms with Gasteiger partial charge in [-0.1, -0.05) is 23.8 Å². The minimum absolute atomic E-state index is 0.252. The quantitative estimate of drug-likeness (QED) is 0.462. The van der Waals surface area contributed by atoms with Crippen LogP contribution < -0.4 is 20.3 Å². The Labute approximate surface area is 194 Å². The van der Waals surface area contributed by atoms with Crippen LogP contribution in [0.2, 0.25) is 0 Å². The van der Waals surface area contributed by atoms with Crippen LogP contribution in [-0.4, -0.2) is 34.9 Å². The maximum atomic E-state index is 13.1. The summed E-state index contributed by atoms with van der Waals surface area (Å²) in [6.07, 6.45) is 0. The molecule has 0 spiro atoms. The number of carbonyl (C=O) groups is 1. The Balaban J connectivity index is 1.71. The molecule has 0 saturated heterocycles. The number of thiazole rings is 1. The van der Waals surface area contributed by atoms with Crippen LogP contribution in [0.4, 0.5) is 5.69 Å². The number of amides is 1. The molecule has 2 heterocycles. The van der Waals surface area contributed by atoms with Gasteiger partial charge in [0.25, 0.3) is 5.56 Å². The Hall–Kier alpha value is -3.72. The first-order valence-corrected chi connectivity index (χ1v) is 11.1. The standard InChI is InChI=1S/C24H24N4O4S/c1-13-6-8-17(14(2)10-13)21-23-22(25-15(3)33-23)24(30)28(27-21)12-20(29)26-16-7-9-18(31-4)19(11-16)32-5/h6-11H,12H2,1-5H3,(H,26,29). The normalized spacial score (nSPS) is 10.9. The van der Waals surface area contributed by atoms with Gasteiger partial charge in [-0.2, -0.15) is 5.10 Å². The number of anilines is 1. The number of ether oxygens (including phenoxy) is 2. The maximum Gasteiger partial charge on any atom is 0.294 e. The summed E-state index contributed by atoms with van der Waals surface area (Å²) in [7, 11) is 3.06. The number of carbonyl (C=O) groups excluding carboxylic acids is 1. The topological polar surface area (TPSA) is 95.3 Å². The van der Waals surface area contributed by atoms with Crippen LogP contribution in [0.3, 0.4) is 0 Å². The third-order valence-corrected chi connectivity index (χ3v) is 6.18. The molecule has 2 aromatic heterocycles. The lowest BCUT2D eigenvalue weighted by molar-refractivity contribution is -0.117. The summed E-state index contributed by atoms with van der Waals surface area (Å²) in [5.74, 6) is 0.646. The summed E-state index contributed by atoms with van der Waals surface area (Å²) >= 11 is 1.43. The minimum Gasteiger partial charge on any atom is -0.493 e. The number of hydrogen-bond donors (Lipinski definition) is 1. The van der Waals surface area contributed by atoms with Crippen molar-refractivity contribution in [1.82, 2.24) is 14.8 Å². The first-order valence-electron chi connectivity index (χ1n) is 10.3. The third kappa shape index (κ3) is 4.45. The molecule has 0 atom stereocenters. The summed E-state index contributed by atoms with van der Waals surface area (Å²) in [6.45, 7) is 5.63. The highest BCUT2D eigenvalue weighted by molar-refractivity contribution is 7.19. The van der Waals surface area contributed by atoms with E-state index in [-0.39, 0.29) is 6.54 Å². The molecule has 0 saturated carbocycles. The van der Waals surface area contributed by atoms with Crippen molar-refractivity contribution < 1.29 is 14.3 Å². The second-order valence-corrected chi connectivity index (χ2v) is 8.86. The summed E-state index contributed by atoms with van der Waals surface area (Å²) in [6, 6.07) is 11.1. The van der Waals surface area contributed by atoms with Crippen LogP contribution in [0.5, 0.6) is 11.5 Å². The predicted octanol–water partition coefficient (Wildman–Crippen LogP) is 4.10. The average molecular weight is 465 g/mol. The Morgan fingerprint density at radius 2 is 1.82 bits per heavy atom. The molecule has 0 bridgehead atoms. The molecule has 0 aliphatic carbocycles. The lowest BCUT2D eigenvalue weighted by Crippen LogP contribution is -2.30. The second-order valence-electron chi connectivity index (χ2n) is 7.66. The van der Waals surface area contributed by atoms with E-state index in [1.807, 2.05) is 32.9 Å². The molecule has 1 N–H and O–H groups in total. The molecule has 33 heavy (non-hydrogen) atoms. The zero-order valence-electron chi connectivity index (χ0n) is 19.1. The van der Waals surface area contributed by atoms with Crippen LogP contribution in [0, 0.1) is 20.8 Å². The van der Waals surface area contributed by atoms with Gasteiger partial charge in [-0.25, -0.2) is 9.67 Å². The summed E-state index contributed by atoms with van der Waals surface area (Å²) in [5, 5.41) is 8.14. The lowest BCUT2D eigenvalue weighted by Gasteiger charge is -2.12. The molecule has 4 rings (SSSR count). The number of aromatic nitrogens is 3. The third-order valence-electron chi connectivity index (χ3n) is 5.20. The Morgan fingerprint density at radius 1 is 1.06 bits per heavy atom. The van der Waals surface area contributed by atoms with E-state index in [4.69, 9.17) is 9.47 Å². The molecular formula is C24H24N4O4S. The monoisotopic (exact) mass is 464 g/mol. The molecule has 2 aromatic carbocycles. The van der Waals surface area contributed by atoms with Gasteiger partial charge in [-0.15, -0.1) is 11.3 Å². The van der Waals surface area contributed by atoms with Crippen molar-refractivity contribution >= 4 is 33.1 Å². The van der Waals surface area contributed by atoms with Gasteiger partial charge in [-0.3, -0.25) is 9.59 Å². The Kier molecular flexibility index (Phi) is 6.15. The maximum absolute atomic E-state index is 13.1. The zero-order valence-corrected chi connectivity index (χ0v) is 19.9. The first kappa shape index (κ1) is 22.5. The number of rotatable bonds is 6. The van der Waals surface area contributed by atoms with Crippen molar-refractivity contribution in [3.8, 4) is 22.8 Å². The summed E-state index contributed by atoms with van der Waals surface area (Å²) in [5.41, 5.74) is 4.16. The van der Waals surface area contributed by atoms with E-state index in [9.17, 15) is 9.59 Å². The number of hydrogen-bond acceptors (Lipinski definition) is 7. The predicted molar refractivity (Wildman–Crippen MR) is 129 cm³/mol. The number of nitrogens with zero attached hydrogens (tertiary/aromatic N) is 3. The van der Waals surface area contributed by atoms with Gasteiger partial charge in [0.1, 0.15) is 12.2 Å². The van der Waals surface area contributed by atoms with Crippen molar-refractivity contribution in [2.45, 2.75) is 27.3 Å². The Bertz CT molecular complexity index is 1420. The summed E-state index contributed by atoms with van der Waals surface area (Å²) < 4.78 is 12.4. The molecule has 0 aliphatic rings. The van der Waals surface area contributed by atoms with E-state index in [1.54, 1.807) is 18.2 Å². The van der Waals surface area contributed by atoms with Gasteiger partial charge in [0.2, 0.25) is 5.91 Å². The van der Waals surface area contributed by atoms with Gasteiger partial charge in [-0.05, 0) is 38.5 Å². The SMILES string of the molecule is COc1ccc(NC(=O)Cn2nc(-c3ccc(C)cc3C)c3sc(C)nc3c2=O)cc1OC. The highest BCUT2D eigenvalue weighted by Crippen LogP contribution is 2.32. The molecule has 0 aliphatic heterocycles. The fourth-order valence-electron chi connectivity index (χ4n) is 3.68. The van der Waals surface area contributed by atoms with Crippen molar-refractivity contribution in [3.63, 3.8) is 0 Å². The Morgan fingerprint density at radius 3 is 2.52 bits per heavy atom. The highest BCUT2D eigenvalue weighted by Gasteiger charge is 2.19. The van der Waals surface area contributed by atoms with E-state index in [2.05, 4.69) is 21.5 Å². The fraction of sp³-hybridized carbons (Fsp3) is 0.250. The van der Waals surface area contributed by atoms with E-state index < -0.39 is 11.5 Å².